The Morgan fingerprint density at radius 3 is 2.50 bits per heavy atom. The van der Waals surface area contributed by atoms with E-state index >= 15 is 0 Å². The summed E-state index contributed by atoms with van der Waals surface area (Å²) in [6.07, 6.45) is 0.678. The Morgan fingerprint density at radius 2 is 1.83 bits per heavy atom. The number of benzene rings is 2. The van der Waals surface area contributed by atoms with Crippen molar-refractivity contribution in [1.29, 1.82) is 0 Å². The minimum Gasteiger partial charge on any atom is -0.313 e. The number of halogens is 2. The van der Waals surface area contributed by atoms with E-state index in [1.165, 1.54) is 29.5 Å². The van der Waals surface area contributed by atoms with Crippen LogP contribution in [-0.4, -0.2) is 12.2 Å². The molecule has 1 amide bonds. The molecule has 0 bridgehead atoms. The number of hydrogen-bond acceptors (Lipinski definition) is 3. The number of thiophene rings is 1. The van der Waals surface area contributed by atoms with E-state index in [-0.39, 0.29) is 5.56 Å². The molecule has 0 radical (unpaired) electrons. The summed E-state index contributed by atoms with van der Waals surface area (Å²) in [4.78, 5) is 23.7. The van der Waals surface area contributed by atoms with Crippen LogP contribution in [0.15, 0.2) is 53.9 Å². The highest BCUT2D eigenvalue weighted by atomic mass is 35.5. The fourth-order valence-corrected chi connectivity index (χ4v) is 3.31. The number of rotatable bonds is 4. The summed E-state index contributed by atoms with van der Waals surface area (Å²) in [5.74, 6) is -1.21. The van der Waals surface area contributed by atoms with Crippen molar-refractivity contribution in [2.75, 3.05) is 5.32 Å². The molecule has 2 aromatic carbocycles. The van der Waals surface area contributed by atoms with Crippen LogP contribution >= 0.6 is 22.9 Å². The Kier molecular flexibility index (Phi) is 4.74. The van der Waals surface area contributed by atoms with Crippen molar-refractivity contribution < 1.29 is 14.0 Å². The zero-order valence-corrected chi connectivity index (χ0v) is 13.8. The molecule has 0 aliphatic heterocycles. The van der Waals surface area contributed by atoms with E-state index < -0.39 is 11.7 Å². The fourth-order valence-electron chi connectivity index (χ4n) is 2.25. The lowest BCUT2D eigenvalue weighted by molar-refractivity contribution is 0.102. The van der Waals surface area contributed by atoms with Crippen molar-refractivity contribution in [3.63, 3.8) is 0 Å². The summed E-state index contributed by atoms with van der Waals surface area (Å²) < 4.78 is 13.7. The van der Waals surface area contributed by atoms with Gasteiger partial charge in [0, 0.05) is 16.0 Å². The summed E-state index contributed by atoms with van der Waals surface area (Å²) in [5, 5.41) is 5.34. The van der Waals surface area contributed by atoms with Gasteiger partial charge >= 0.3 is 0 Å². The van der Waals surface area contributed by atoms with Gasteiger partial charge in [-0.2, -0.15) is 0 Å². The Balaban J connectivity index is 1.92. The third kappa shape index (κ3) is 3.22. The van der Waals surface area contributed by atoms with E-state index in [9.17, 15) is 14.0 Å². The molecule has 6 heteroatoms. The quantitative estimate of drug-likeness (QED) is 0.645. The number of hydrogen-bond donors (Lipinski definition) is 1. The first kappa shape index (κ1) is 16.4. The van der Waals surface area contributed by atoms with Crippen LogP contribution in [0.2, 0.25) is 5.02 Å². The van der Waals surface area contributed by atoms with E-state index in [4.69, 9.17) is 11.6 Å². The van der Waals surface area contributed by atoms with Gasteiger partial charge < -0.3 is 5.32 Å². The summed E-state index contributed by atoms with van der Waals surface area (Å²) in [6, 6.07) is 12.7. The van der Waals surface area contributed by atoms with Gasteiger partial charge in [-0.15, -0.1) is 11.3 Å². The maximum absolute atomic E-state index is 13.7. The summed E-state index contributed by atoms with van der Waals surface area (Å²) in [5.41, 5.74) is 1.78. The van der Waals surface area contributed by atoms with E-state index in [1.807, 2.05) is 0 Å². The van der Waals surface area contributed by atoms with E-state index in [0.717, 1.165) is 5.56 Å². The first-order valence-corrected chi connectivity index (χ1v) is 8.24. The minimum atomic E-state index is -0.614. The first-order chi connectivity index (χ1) is 11.6. The zero-order valence-electron chi connectivity index (χ0n) is 12.3. The van der Waals surface area contributed by atoms with Gasteiger partial charge in [0.2, 0.25) is 0 Å². The highest BCUT2D eigenvalue weighted by Gasteiger charge is 2.17. The number of anilines is 1. The van der Waals surface area contributed by atoms with Crippen molar-refractivity contribution >= 4 is 40.1 Å². The average molecular weight is 360 g/mol. The van der Waals surface area contributed by atoms with Gasteiger partial charge in [-0.1, -0.05) is 35.9 Å². The summed E-state index contributed by atoms with van der Waals surface area (Å²) in [7, 11) is 0. The van der Waals surface area contributed by atoms with Gasteiger partial charge in [0.1, 0.15) is 10.8 Å². The second kappa shape index (κ2) is 6.95. The molecule has 24 heavy (non-hydrogen) atoms. The topological polar surface area (TPSA) is 46.2 Å². The molecule has 0 saturated carbocycles. The largest absolute Gasteiger partial charge is 0.313 e. The van der Waals surface area contributed by atoms with E-state index in [0.29, 0.717) is 27.4 Å². The van der Waals surface area contributed by atoms with Gasteiger partial charge in [0.25, 0.3) is 5.91 Å². The lowest BCUT2D eigenvalue weighted by atomic mass is 10.0. The minimum absolute atomic E-state index is 0.0733. The molecule has 120 valence electrons. The molecule has 0 saturated heterocycles. The smallest absolute Gasteiger partial charge is 0.259 e. The number of carbonyl (C=O) groups is 2. The second-order valence-electron chi connectivity index (χ2n) is 4.95. The fraction of sp³-hybridized carbons (Fsp3) is 0. The van der Waals surface area contributed by atoms with Gasteiger partial charge in [0.05, 0.1) is 11.1 Å². The van der Waals surface area contributed by atoms with Crippen LogP contribution in [0.25, 0.3) is 11.1 Å². The number of carbonyl (C=O) groups excluding carboxylic acids is 2. The van der Waals surface area contributed by atoms with Gasteiger partial charge in [-0.3, -0.25) is 9.59 Å². The third-order valence-corrected chi connectivity index (χ3v) is 4.61. The lowest BCUT2D eigenvalue weighted by Crippen LogP contribution is -2.13. The van der Waals surface area contributed by atoms with Crippen molar-refractivity contribution in [2.24, 2.45) is 0 Å². The van der Waals surface area contributed by atoms with Crippen LogP contribution in [0.1, 0.15) is 20.7 Å². The zero-order chi connectivity index (χ0) is 17.1. The van der Waals surface area contributed by atoms with Crippen LogP contribution in [0.4, 0.5) is 9.39 Å². The van der Waals surface area contributed by atoms with Crippen LogP contribution < -0.4 is 5.32 Å². The number of nitrogens with one attached hydrogen (secondary N) is 1. The maximum Gasteiger partial charge on any atom is 0.259 e. The van der Waals surface area contributed by atoms with E-state index in [1.54, 1.807) is 35.7 Å². The standard InChI is InChI=1S/C18H11ClFNO2S/c19-12-7-5-11(6-8-12)15-10-24-18(14(15)9-22)21-17(23)13-3-1-2-4-16(13)20/h1-10H,(H,21,23). The summed E-state index contributed by atoms with van der Waals surface area (Å²) >= 11 is 7.08. The lowest BCUT2D eigenvalue weighted by Gasteiger charge is -2.06. The molecular formula is C18H11ClFNO2S. The average Bonchev–Trinajstić information content (AvgIpc) is 2.98. The molecule has 0 aliphatic carbocycles. The molecule has 0 unspecified atom stereocenters. The van der Waals surface area contributed by atoms with Crippen molar-refractivity contribution in [3.8, 4) is 11.1 Å². The number of aldehydes is 1. The molecule has 3 aromatic rings. The van der Waals surface area contributed by atoms with Crippen molar-refractivity contribution in [1.82, 2.24) is 0 Å². The molecule has 1 heterocycles. The molecule has 3 rings (SSSR count). The van der Waals surface area contributed by atoms with Gasteiger partial charge in [-0.25, -0.2) is 4.39 Å². The molecule has 3 nitrogen and oxygen atoms in total. The third-order valence-electron chi connectivity index (χ3n) is 3.45. The van der Waals surface area contributed by atoms with Crippen LogP contribution in [0.3, 0.4) is 0 Å². The highest BCUT2D eigenvalue weighted by Crippen LogP contribution is 2.35. The SMILES string of the molecule is O=Cc1c(-c2ccc(Cl)cc2)csc1NC(=O)c1ccccc1F. The van der Waals surface area contributed by atoms with Crippen molar-refractivity contribution in [3.05, 3.63) is 75.9 Å². The summed E-state index contributed by atoms with van der Waals surface area (Å²) in [6.45, 7) is 0. The van der Waals surface area contributed by atoms with Gasteiger partial charge in [-0.05, 0) is 29.8 Å². The Labute approximate surface area is 146 Å². The van der Waals surface area contributed by atoms with Crippen LogP contribution in [0.5, 0.6) is 0 Å². The number of amides is 1. The van der Waals surface area contributed by atoms with Crippen molar-refractivity contribution in [2.45, 2.75) is 0 Å². The Morgan fingerprint density at radius 1 is 1.12 bits per heavy atom. The highest BCUT2D eigenvalue weighted by molar-refractivity contribution is 7.15. The molecule has 0 atom stereocenters. The first-order valence-electron chi connectivity index (χ1n) is 6.98. The predicted octanol–water partition coefficient (Wildman–Crippen LogP) is 5.27. The van der Waals surface area contributed by atoms with E-state index in [2.05, 4.69) is 5.32 Å². The van der Waals surface area contributed by atoms with Crippen LogP contribution in [0, 0.1) is 5.82 Å². The van der Waals surface area contributed by atoms with Crippen LogP contribution in [-0.2, 0) is 0 Å². The monoisotopic (exact) mass is 359 g/mol. The Hall–Kier alpha value is -2.50. The molecule has 0 spiro atoms. The predicted molar refractivity (Wildman–Crippen MR) is 94.5 cm³/mol. The normalized spacial score (nSPS) is 10.4. The molecular weight excluding hydrogens is 349 g/mol. The molecule has 0 fully saturated rings. The maximum atomic E-state index is 13.7. The molecule has 1 N–H and O–H groups in total. The molecule has 1 aromatic heterocycles. The Bertz CT molecular complexity index is 906. The molecule has 0 aliphatic rings. The second-order valence-corrected chi connectivity index (χ2v) is 6.27. The van der Waals surface area contributed by atoms with Gasteiger partial charge in [0.15, 0.2) is 6.29 Å².